The lowest BCUT2D eigenvalue weighted by Gasteiger charge is -2.14. The number of ether oxygens (including phenoxy) is 1. The van der Waals surface area contributed by atoms with E-state index in [-0.39, 0.29) is 6.04 Å². The monoisotopic (exact) mass is 197 g/mol. The molecule has 0 aliphatic heterocycles. The number of nitrogens with one attached hydrogen (secondary N) is 1. The van der Waals surface area contributed by atoms with Crippen LogP contribution in [0.5, 0.6) is 0 Å². The minimum atomic E-state index is 0.253. The molecule has 3 heteroatoms. The van der Waals surface area contributed by atoms with Crippen LogP contribution in [0.3, 0.4) is 0 Å². The fraction of sp³-hybridized carbons (Fsp3) is 0.636. The summed E-state index contributed by atoms with van der Waals surface area (Å²) in [6.45, 7) is 4.84. The zero-order chi connectivity index (χ0) is 10.4. The third-order valence-electron chi connectivity index (χ3n) is 2.09. The minimum absolute atomic E-state index is 0.253. The number of rotatable bonds is 6. The van der Waals surface area contributed by atoms with Gasteiger partial charge < -0.3 is 14.5 Å². The smallest absolute Gasteiger partial charge is 0.120 e. The molecule has 0 saturated carbocycles. The van der Waals surface area contributed by atoms with Gasteiger partial charge in [-0.2, -0.15) is 0 Å². The summed E-state index contributed by atoms with van der Waals surface area (Å²) in [6, 6.07) is 4.14. The lowest BCUT2D eigenvalue weighted by atomic mass is 10.1. The summed E-state index contributed by atoms with van der Waals surface area (Å²) in [6.07, 6.45) is 2.93. The van der Waals surface area contributed by atoms with Crippen molar-refractivity contribution < 1.29 is 9.15 Å². The van der Waals surface area contributed by atoms with E-state index in [0.717, 1.165) is 18.8 Å². The molecule has 0 aliphatic rings. The van der Waals surface area contributed by atoms with Crippen LogP contribution < -0.4 is 5.32 Å². The van der Waals surface area contributed by atoms with Crippen LogP contribution in [0.25, 0.3) is 0 Å². The first kappa shape index (κ1) is 11.3. The van der Waals surface area contributed by atoms with E-state index >= 15 is 0 Å². The van der Waals surface area contributed by atoms with Gasteiger partial charge in [-0.25, -0.2) is 0 Å². The lowest BCUT2D eigenvalue weighted by molar-refractivity contribution is 0.0705. The third-order valence-corrected chi connectivity index (χ3v) is 2.09. The molecular formula is C11H19NO2. The van der Waals surface area contributed by atoms with Crippen LogP contribution in [0.15, 0.2) is 22.8 Å². The van der Waals surface area contributed by atoms with Crippen molar-refractivity contribution in [2.24, 2.45) is 0 Å². The molecule has 1 aromatic rings. The van der Waals surface area contributed by atoms with Crippen molar-refractivity contribution in [2.75, 3.05) is 13.7 Å². The quantitative estimate of drug-likeness (QED) is 0.760. The van der Waals surface area contributed by atoms with E-state index in [4.69, 9.17) is 9.15 Å². The molecule has 1 unspecified atom stereocenters. The molecule has 1 rings (SSSR count). The van der Waals surface area contributed by atoms with Crippen molar-refractivity contribution in [1.82, 2.24) is 5.32 Å². The first-order valence-corrected chi connectivity index (χ1v) is 5.06. The SMILES string of the molecule is CNC(CCOC(C)C)c1ccco1. The van der Waals surface area contributed by atoms with Crippen LogP contribution in [-0.2, 0) is 4.74 Å². The van der Waals surface area contributed by atoms with Gasteiger partial charge in [0.25, 0.3) is 0 Å². The highest BCUT2D eigenvalue weighted by atomic mass is 16.5. The summed E-state index contributed by atoms with van der Waals surface area (Å²) in [5.74, 6) is 0.972. The number of hydrogen-bond acceptors (Lipinski definition) is 3. The molecule has 0 saturated heterocycles. The maximum Gasteiger partial charge on any atom is 0.120 e. The molecule has 0 radical (unpaired) electrons. The van der Waals surface area contributed by atoms with Crippen LogP contribution in [-0.4, -0.2) is 19.8 Å². The van der Waals surface area contributed by atoms with E-state index in [2.05, 4.69) is 5.32 Å². The fourth-order valence-corrected chi connectivity index (χ4v) is 1.34. The molecule has 1 heterocycles. The van der Waals surface area contributed by atoms with Crippen molar-refractivity contribution in [3.8, 4) is 0 Å². The molecular weight excluding hydrogens is 178 g/mol. The summed E-state index contributed by atoms with van der Waals surface area (Å²) < 4.78 is 10.8. The van der Waals surface area contributed by atoms with Crippen molar-refractivity contribution in [3.63, 3.8) is 0 Å². The number of hydrogen-bond donors (Lipinski definition) is 1. The van der Waals surface area contributed by atoms with Crippen molar-refractivity contribution >= 4 is 0 Å². The van der Waals surface area contributed by atoms with Gasteiger partial charge in [0.05, 0.1) is 18.4 Å². The van der Waals surface area contributed by atoms with Crippen molar-refractivity contribution in [1.29, 1.82) is 0 Å². The van der Waals surface area contributed by atoms with E-state index in [0.29, 0.717) is 6.10 Å². The van der Waals surface area contributed by atoms with Gasteiger partial charge in [-0.15, -0.1) is 0 Å². The normalized spacial score (nSPS) is 13.4. The first-order chi connectivity index (χ1) is 6.74. The molecule has 0 bridgehead atoms. The van der Waals surface area contributed by atoms with Gasteiger partial charge in [-0.3, -0.25) is 0 Å². The van der Waals surface area contributed by atoms with Crippen LogP contribution in [0.2, 0.25) is 0 Å². The molecule has 14 heavy (non-hydrogen) atoms. The second-order valence-electron chi connectivity index (χ2n) is 3.56. The second kappa shape index (κ2) is 5.83. The highest BCUT2D eigenvalue weighted by molar-refractivity contribution is 5.03. The highest BCUT2D eigenvalue weighted by Gasteiger charge is 2.11. The van der Waals surface area contributed by atoms with E-state index < -0.39 is 0 Å². The first-order valence-electron chi connectivity index (χ1n) is 5.06. The van der Waals surface area contributed by atoms with Crippen LogP contribution >= 0.6 is 0 Å². The molecule has 1 aromatic heterocycles. The minimum Gasteiger partial charge on any atom is -0.468 e. The van der Waals surface area contributed by atoms with Crippen molar-refractivity contribution in [3.05, 3.63) is 24.2 Å². The fourth-order valence-electron chi connectivity index (χ4n) is 1.34. The van der Waals surface area contributed by atoms with Gasteiger partial charge in [-0.05, 0) is 39.4 Å². The Balaban J connectivity index is 2.33. The Morgan fingerprint density at radius 3 is 2.79 bits per heavy atom. The van der Waals surface area contributed by atoms with Gasteiger partial charge in [0, 0.05) is 6.61 Å². The van der Waals surface area contributed by atoms with E-state index in [1.807, 2.05) is 33.0 Å². The third kappa shape index (κ3) is 3.52. The second-order valence-corrected chi connectivity index (χ2v) is 3.56. The Morgan fingerprint density at radius 2 is 2.29 bits per heavy atom. The Morgan fingerprint density at radius 1 is 1.50 bits per heavy atom. The van der Waals surface area contributed by atoms with Gasteiger partial charge in [0.1, 0.15) is 5.76 Å². The largest absolute Gasteiger partial charge is 0.468 e. The maximum absolute atomic E-state index is 5.49. The summed E-state index contributed by atoms with van der Waals surface area (Å²) in [5, 5.41) is 3.20. The van der Waals surface area contributed by atoms with Crippen LogP contribution in [0.4, 0.5) is 0 Å². The Labute approximate surface area is 85.4 Å². The molecule has 0 amide bonds. The van der Waals surface area contributed by atoms with E-state index in [1.54, 1.807) is 6.26 Å². The predicted molar refractivity (Wildman–Crippen MR) is 56.2 cm³/mol. The summed E-state index contributed by atoms with van der Waals surface area (Å²) in [7, 11) is 1.93. The lowest BCUT2D eigenvalue weighted by Crippen LogP contribution is -2.18. The molecule has 80 valence electrons. The van der Waals surface area contributed by atoms with E-state index in [1.165, 1.54) is 0 Å². The summed E-state index contributed by atoms with van der Waals surface area (Å²) >= 11 is 0. The van der Waals surface area contributed by atoms with Crippen molar-refractivity contribution in [2.45, 2.75) is 32.4 Å². The molecule has 1 atom stereocenters. The Bertz CT molecular complexity index is 231. The van der Waals surface area contributed by atoms with Crippen LogP contribution in [0.1, 0.15) is 32.1 Å². The van der Waals surface area contributed by atoms with E-state index in [9.17, 15) is 0 Å². The molecule has 0 fully saturated rings. The molecule has 0 aliphatic carbocycles. The van der Waals surface area contributed by atoms with Gasteiger partial charge >= 0.3 is 0 Å². The average Bonchev–Trinajstić information content (AvgIpc) is 2.64. The zero-order valence-corrected chi connectivity index (χ0v) is 9.12. The average molecular weight is 197 g/mol. The standard InChI is InChI=1S/C11H19NO2/c1-9(2)13-8-6-10(12-3)11-5-4-7-14-11/h4-5,7,9-10,12H,6,8H2,1-3H3. The number of furan rings is 1. The maximum atomic E-state index is 5.49. The Hall–Kier alpha value is -0.800. The topological polar surface area (TPSA) is 34.4 Å². The Kier molecular flexibility index (Phi) is 4.70. The van der Waals surface area contributed by atoms with Gasteiger partial charge in [0.15, 0.2) is 0 Å². The molecule has 0 aromatic carbocycles. The van der Waals surface area contributed by atoms with Gasteiger partial charge in [-0.1, -0.05) is 0 Å². The highest BCUT2D eigenvalue weighted by Crippen LogP contribution is 2.16. The zero-order valence-electron chi connectivity index (χ0n) is 9.12. The molecule has 3 nitrogen and oxygen atoms in total. The predicted octanol–water partition coefficient (Wildman–Crippen LogP) is 2.36. The van der Waals surface area contributed by atoms with Crippen LogP contribution in [0, 0.1) is 0 Å². The summed E-state index contributed by atoms with van der Waals surface area (Å²) in [5.41, 5.74) is 0. The van der Waals surface area contributed by atoms with Gasteiger partial charge in [0.2, 0.25) is 0 Å². The molecule has 1 N–H and O–H groups in total. The molecule has 0 spiro atoms. The summed E-state index contributed by atoms with van der Waals surface area (Å²) in [4.78, 5) is 0.